The number of aromatic nitrogens is 2. The molecule has 1 saturated heterocycles. The highest BCUT2D eigenvalue weighted by molar-refractivity contribution is 5.83. The largest absolute Gasteiger partial charge is 0.344 e. The van der Waals surface area contributed by atoms with E-state index in [2.05, 4.69) is 54.1 Å². The fourth-order valence-corrected chi connectivity index (χ4v) is 4.68. The van der Waals surface area contributed by atoms with E-state index in [1.54, 1.807) is 0 Å². The Morgan fingerprint density at radius 3 is 2.72 bits per heavy atom. The zero-order valence-corrected chi connectivity index (χ0v) is 15.2. The van der Waals surface area contributed by atoms with Crippen molar-refractivity contribution in [2.24, 2.45) is 17.8 Å². The maximum atomic E-state index is 12.8. The Labute approximate surface area is 148 Å². The molecule has 5 heteroatoms. The quantitative estimate of drug-likeness (QED) is 0.900. The van der Waals surface area contributed by atoms with Crippen LogP contribution in [0.1, 0.15) is 49.7 Å². The topological polar surface area (TPSA) is 58.4 Å². The van der Waals surface area contributed by atoms with Gasteiger partial charge in [-0.3, -0.25) is 4.79 Å². The number of piperidine rings is 1. The Kier molecular flexibility index (Phi) is 3.12. The van der Waals surface area contributed by atoms with Crippen LogP contribution in [0.3, 0.4) is 0 Å². The van der Waals surface area contributed by atoms with Crippen LogP contribution in [-0.2, 0) is 10.3 Å². The number of rotatable bonds is 4. The number of nitrogens with zero attached hydrogens (tertiary/aromatic N) is 2. The van der Waals surface area contributed by atoms with Crippen LogP contribution >= 0.6 is 0 Å². The summed E-state index contributed by atoms with van der Waals surface area (Å²) in [6, 6.07) is 4.22. The molecule has 1 unspecified atom stereocenters. The zero-order valence-electron chi connectivity index (χ0n) is 15.2. The first-order valence-corrected chi connectivity index (χ1v) is 9.48. The Balaban J connectivity index is 1.49. The van der Waals surface area contributed by atoms with Gasteiger partial charge in [0, 0.05) is 18.0 Å². The minimum atomic E-state index is -0.481. The monoisotopic (exact) mass is 338 g/mol. The molecule has 2 N–H and O–H groups in total. The fourth-order valence-electron chi connectivity index (χ4n) is 4.68. The SMILES string of the molecule is Cc1cccn2c(C(C)(C)NC(=O)C3[C@H]4CNC[C@@H]34)nc(C3CC3)c12. The fraction of sp³-hybridized carbons (Fsp3) is 0.600. The van der Waals surface area contributed by atoms with Crippen molar-refractivity contribution in [1.29, 1.82) is 0 Å². The summed E-state index contributed by atoms with van der Waals surface area (Å²) in [6.07, 6.45) is 4.54. The summed E-state index contributed by atoms with van der Waals surface area (Å²) in [5.74, 6) is 3.00. The van der Waals surface area contributed by atoms with Gasteiger partial charge in [0.25, 0.3) is 0 Å². The lowest BCUT2D eigenvalue weighted by atomic mass is 10.0. The number of fused-ring (bicyclic) bond motifs is 2. The predicted octanol–water partition coefficient (Wildman–Crippen LogP) is 2.34. The number of carbonyl (C=O) groups excluding carboxylic acids is 1. The van der Waals surface area contributed by atoms with Crippen molar-refractivity contribution in [3.8, 4) is 0 Å². The third kappa shape index (κ3) is 2.32. The van der Waals surface area contributed by atoms with Crippen LogP contribution in [0, 0.1) is 24.7 Å². The number of aryl methyl sites for hydroxylation is 1. The second-order valence-corrected chi connectivity index (χ2v) is 8.63. The summed E-state index contributed by atoms with van der Waals surface area (Å²) >= 11 is 0. The van der Waals surface area contributed by atoms with Gasteiger partial charge >= 0.3 is 0 Å². The summed E-state index contributed by atoms with van der Waals surface area (Å²) in [6.45, 7) is 8.28. The van der Waals surface area contributed by atoms with Gasteiger partial charge in [-0.15, -0.1) is 0 Å². The number of hydrogen-bond acceptors (Lipinski definition) is 3. The van der Waals surface area contributed by atoms with Gasteiger partial charge < -0.3 is 15.0 Å². The maximum absolute atomic E-state index is 12.8. The Morgan fingerprint density at radius 2 is 2.04 bits per heavy atom. The van der Waals surface area contributed by atoms with E-state index in [1.165, 1.54) is 29.6 Å². The second kappa shape index (κ2) is 5.07. The van der Waals surface area contributed by atoms with E-state index in [-0.39, 0.29) is 11.8 Å². The van der Waals surface area contributed by atoms with Crippen LogP contribution in [0.2, 0.25) is 0 Å². The molecule has 0 spiro atoms. The summed E-state index contributed by atoms with van der Waals surface area (Å²) in [5, 5.41) is 6.66. The van der Waals surface area contributed by atoms with Gasteiger partial charge in [-0.25, -0.2) is 4.98 Å². The normalized spacial score (nSPS) is 28.2. The van der Waals surface area contributed by atoms with Gasteiger partial charge in [-0.2, -0.15) is 0 Å². The van der Waals surface area contributed by atoms with Crippen molar-refractivity contribution in [3.05, 3.63) is 35.4 Å². The Hall–Kier alpha value is -1.88. The number of amides is 1. The van der Waals surface area contributed by atoms with Crippen LogP contribution in [0.4, 0.5) is 0 Å². The summed E-state index contributed by atoms with van der Waals surface area (Å²) in [7, 11) is 0. The molecule has 0 bridgehead atoms. The Morgan fingerprint density at radius 1 is 1.32 bits per heavy atom. The third-order valence-electron chi connectivity index (χ3n) is 6.25. The van der Waals surface area contributed by atoms with E-state index < -0.39 is 5.54 Å². The maximum Gasteiger partial charge on any atom is 0.224 e. The molecule has 5 rings (SSSR count). The average molecular weight is 338 g/mol. The number of imidazole rings is 1. The lowest BCUT2D eigenvalue weighted by molar-refractivity contribution is -0.124. The molecular weight excluding hydrogens is 312 g/mol. The van der Waals surface area contributed by atoms with Crippen LogP contribution in [0.5, 0.6) is 0 Å². The van der Waals surface area contributed by atoms with Gasteiger partial charge in [0.1, 0.15) is 5.82 Å². The van der Waals surface area contributed by atoms with Crippen molar-refractivity contribution in [3.63, 3.8) is 0 Å². The predicted molar refractivity (Wildman–Crippen MR) is 96.4 cm³/mol. The molecule has 2 aromatic rings. The van der Waals surface area contributed by atoms with Crippen LogP contribution in [-0.4, -0.2) is 28.4 Å². The second-order valence-electron chi connectivity index (χ2n) is 8.63. The van der Waals surface area contributed by atoms with Gasteiger partial charge in [0.05, 0.1) is 16.7 Å². The highest BCUT2D eigenvalue weighted by Crippen LogP contribution is 2.49. The average Bonchev–Trinajstić information content (AvgIpc) is 3.43. The van der Waals surface area contributed by atoms with E-state index >= 15 is 0 Å². The van der Waals surface area contributed by atoms with Crippen molar-refractivity contribution in [2.45, 2.75) is 45.1 Å². The first kappa shape index (κ1) is 15.4. The van der Waals surface area contributed by atoms with Gasteiger partial charge in [-0.05, 0) is 70.2 Å². The lowest BCUT2D eigenvalue weighted by Gasteiger charge is -2.26. The highest BCUT2D eigenvalue weighted by Gasteiger charge is 2.57. The van der Waals surface area contributed by atoms with Crippen LogP contribution in [0.15, 0.2) is 18.3 Å². The summed E-state index contributed by atoms with van der Waals surface area (Å²) < 4.78 is 2.19. The number of nitrogens with one attached hydrogen (secondary N) is 2. The Bertz CT molecular complexity index is 854. The minimum absolute atomic E-state index is 0.191. The lowest BCUT2D eigenvalue weighted by Crippen LogP contribution is -2.44. The minimum Gasteiger partial charge on any atom is -0.344 e. The smallest absolute Gasteiger partial charge is 0.224 e. The molecule has 3 fully saturated rings. The molecule has 2 saturated carbocycles. The van der Waals surface area contributed by atoms with Gasteiger partial charge in [0.15, 0.2) is 0 Å². The third-order valence-corrected chi connectivity index (χ3v) is 6.25. The van der Waals surface area contributed by atoms with E-state index in [1.807, 2.05) is 0 Å². The molecule has 5 nitrogen and oxygen atoms in total. The summed E-state index contributed by atoms with van der Waals surface area (Å²) in [4.78, 5) is 17.8. The molecule has 0 radical (unpaired) electrons. The molecule has 3 atom stereocenters. The van der Waals surface area contributed by atoms with E-state index in [0.717, 1.165) is 18.9 Å². The number of carbonyl (C=O) groups is 1. The van der Waals surface area contributed by atoms with Crippen molar-refractivity contribution in [1.82, 2.24) is 20.0 Å². The van der Waals surface area contributed by atoms with Gasteiger partial charge in [0.2, 0.25) is 5.91 Å². The van der Waals surface area contributed by atoms with Crippen LogP contribution < -0.4 is 10.6 Å². The van der Waals surface area contributed by atoms with E-state index in [4.69, 9.17) is 4.98 Å². The first-order chi connectivity index (χ1) is 12.0. The number of pyridine rings is 1. The molecule has 0 aromatic carbocycles. The van der Waals surface area contributed by atoms with Crippen molar-refractivity contribution in [2.75, 3.05) is 13.1 Å². The molecule has 1 amide bonds. The summed E-state index contributed by atoms with van der Waals surface area (Å²) in [5.41, 5.74) is 3.22. The van der Waals surface area contributed by atoms with Crippen molar-refractivity contribution >= 4 is 11.4 Å². The molecule has 25 heavy (non-hydrogen) atoms. The molecule has 132 valence electrons. The van der Waals surface area contributed by atoms with E-state index in [0.29, 0.717) is 17.8 Å². The molecule has 1 aliphatic heterocycles. The highest BCUT2D eigenvalue weighted by atomic mass is 16.2. The molecular formula is C20H26N4O. The van der Waals surface area contributed by atoms with E-state index in [9.17, 15) is 4.79 Å². The zero-order chi connectivity index (χ0) is 17.3. The molecule has 2 aliphatic carbocycles. The van der Waals surface area contributed by atoms with Crippen LogP contribution in [0.25, 0.3) is 5.52 Å². The molecule has 3 heterocycles. The first-order valence-electron chi connectivity index (χ1n) is 9.48. The van der Waals surface area contributed by atoms with Gasteiger partial charge in [-0.1, -0.05) is 6.07 Å². The number of hydrogen-bond donors (Lipinski definition) is 2. The molecule has 3 aliphatic rings. The van der Waals surface area contributed by atoms with Crippen molar-refractivity contribution < 1.29 is 4.79 Å². The molecule has 2 aromatic heterocycles. The standard InChI is InChI=1S/C20H26N4O/c1-11-5-4-8-24-17(11)16(12-6-7-12)22-19(24)20(2,3)23-18(25)15-13-9-21-10-14(13)15/h4-5,8,12-15,21H,6-7,9-10H2,1-3H3,(H,23,25)/t13-,14+,15?.